The Hall–Kier alpha value is -0.570. The Labute approximate surface area is 96.9 Å². The van der Waals surface area contributed by atoms with E-state index in [-0.39, 0.29) is 11.5 Å². The van der Waals surface area contributed by atoms with E-state index in [9.17, 15) is 4.79 Å². The SMILES string of the molecule is CC1(CNC(=O)C2CC3CC3C2)CCCO1. The smallest absolute Gasteiger partial charge is 0.223 e. The van der Waals surface area contributed by atoms with Crippen molar-refractivity contribution in [2.75, 3.05) is 13.2 Å². The van der Waals surface area contributed by atoms with Gasteiger partial charge in [-0.2, -0.15) is 0 Å². The van der Waals surface area contributed by atoms with E-state index in [4.69, 9.17) is 4.74 Å². The van der Waals surface area contributed by atoms with Crippen LogP contribution in [0.2, 0.25) is 0 Å². The molecule has 3 heteroatoms. The predicted octanol–water partition coefficient (Wildman–Crippen LogP) is 1.72. The van der Waals surface area contributed by atoms with Gasteiger partial charge in [-0.3, -0.25) is 4.79 Å². The molecule has 3 nitrogen and oxygen atoms in total. The van der Waals surface area contributed by atoms with Gasteiger partial charge in [0.05, 0.1) is 5.60 Å². The highest BCUT2D eigenvalue weighted by molar-refractivity contribution is 5.79. The minimum absolute atomic E-state index is 0.100. The van der Waals surface area contributed by atoms with Crippen LogP contribution in [0, 0.1) is 17.8 Å². The van der Waals surface area contributed by atoms with Crippen molar-refractivity contribution in [3.05, 3.63) is 0 Å². The van der Waals surface area contributed by atoms with Gasteiger partial charge in [-0.25, -0.2) is 0 Å². The number of amides is 1. The maximum Gasteiger partial charge on any atom is 0.223 e. The number of ether oxygens (including phenoxy) is 1. The van der Waals surface area contributed by atoms with E-state index in [1.54, 1.807) is 0 Å². The van der Waals surface area contributed by atoms with Gasteiger partial charge in [0.1, 0.15) is 0 Å². The van der Waals surface area contributed by atoms with Crippen molar-refractivity contribution in [1.29, 1.82) is 0 Å². The zero-order chi connectivity index (χ0) is 11.2. The number of rotatable bonds is 3. The lowest BCUT2D eigenvalue weighted by Crippen LogP contribution is -2.42. The quantitative estimate of drug-likeness (QED) is 0.791. The lowest BCUT2D eigenvalue weighted by Gasteiger charge is -2.24. The van der Waals surface area contributed by atoms with E-state index >= 15 is 0 Å². The molecular formula is C13H21NO2. The van der Waals surface area contributed by atoms with Crippen molar-refractivity contribution in [3.63, 3.8) is 0 Å². The van der Waals surface area contributed by atoms with Crippen LogP contribution in [0.25, 0.3) is 0 Å². The highest BCUT2D eigenvalue weighted by Crippen LogP contribution is 2.54. The van der Waals surface area contributed by atoms with Gasteiger partial charge in [-0.1, -0.05) is 0 Å². The summed E-state index contributed by atoms with van der Waals surface area (Å²) in [4.78, 5) is 11.9. The number of hydrogen-bond donors (Lipinski definition) is 1. The molecule has 3 atom stereocenters. The van der Waals surface area contributed by atoms with E-state index in [2.05, 4.69) is 12.2 Å². The van der Waals surface area contributed by atoms with Crippen LogP contribution in [0.4, 0.5) is 0 Å². The maximum atomic E-state index is 11.9. The molecule has 0 aromatic carbocycles. The van der Waals surface area contributed by atoms with E-state index in [1.165, 1.54) is 6.42 Å². The summed E-state index contributed by atoms with van der Waals surface area (Å²) in [7, 11) is 0. The molecule has 3 aliphatic rings. The fourth-order valence-corrected chi connectivity index (χ4v) is 3.32. The largest absolute Gasteiger partial charge is 0.373 e. The van der Waals surface area contributed by atoms with E-state index in [1.807, 2.05) is 0 Å². The number of carbonyl (C=O) groups excluding carboxylic acids is 1. The monoisotopic (exact) mass is 223 g/mol. The predicted molar refractivity (Wildman–Crippen MR) is 60.9 cm³/mol. The van der Waals surface area contributed by atoms with Gasteiger partial charge in [0.2, 0.25) is 5.91 Å². The van der Waals surface area contributed by atoms with Crippen LogP contribution in [-0.2, 0) is 9.53 Å². The Bertz CT molecular complexity index is 286. The van der Waals surface area contributed by atoms with Crippen LogP contribution in [-0.4, -0.2) is 24.7 Å². The summed E-state index contributed by atoms with van der Waals surface area (Å²) in [6, 6.07) is 0. The Balaban J connectivity index is 1.46. The van der Waals surface area contributed by atoms with Gasteiger partial charge in [0, 0.05) is 19.1 Å². The molecule has 3 unspecified atom stereocenters. The normalized spacial score (nSPS) is 45.4. The van der Waals surface area contributed by atoms with Crippen molar-refractivity contribution >= 4 is 5.91 Å². The van der Waals surface area contributed by atoms with E-state index in [0.29, 0.717) is 12.5 Å². The maximum absolute atomic E-state index is 11.9. The molecule has 1 N–H and O–H groups in total. The van der Waals surface area contributed by atoms with E-state index in [0.717, 1.165) is 44.1 Å². The van der Waals surface area contributed by atoms with Gasteiger partial charge in [-0.05, 0) is 50.9 Å². The third-order valence-electron chi connectivity index (χ3n) is 4.55. The lowest BCUT2D eigenvalue weighted by atomic mass is 10.0. The first-order valence-corrected chi connectivity index (χ1v) is 6.58. The Morgan fingerprint density at radius 2 is 2.12 bits per heavy atom. The number of hydrogen-bond acceptors (Lipinski definition) is 2. The number of fused-ring (bicyclic) bond motifs is 1. The average molecular weight is 223 g/mol. The fraction of sp³-hybridized carbons (Fsp3) is 0.923. The van der Waals surface area contributed by atoms with Crippen molar-refractivity contribution in [2.24, 2.45) is 17.8 Å². The highest BCUT2D eigenvalue weighted by atomic mass is 16.5. The molecule has 3 fully saturated rings. The molecule has 1 amide bonds. The summed E-state index contributed by atoms with van der Waals surface area (Å²) in [6.45, 7) is 3.64. The van der Waals surface area contributed by atoms with Crippen molar-refractivity contribution < 1.29 is 9.53 Å². The molecule has 1 heterocycles. The summed E-state index contributed by atoms with van der Waals surface area (Å²) < 4.78 is 5.67. The molecule has 16 heavy (non-hydrogen) atoms. The Morgan fingerprint density at radius 3 is 2.75 bits per heavy atom. The zero-order valence-corrected chi connectivity index (χ0v) is 10.00. The first kappa shape index (κ1) is 10.6. The second-order valence-electron chi connectivity index (χ2n) is 6.04. The molecule has 2 aliphatic carbocycles. The third kappa shape index (κ3) is 1.97. The molecule has 0 aromatic heterocycles. The molecule has 3 rings (SSSR count). The molecule has 0 aromatic rings. The van der Waals surface area contributed by atoms with Gasteiger partial charge in [0.15, 0.2) is 0 Å². The number of carbonyl (C=O) groups is 1. The Kier molecular flexibility index (Phi) is 2.46. The van der Waals surface area contributed by atoms with E-state index < -0.39 is 0 Å². The molecule has 0 bridgehead atoms. The molecule has 2 saturated carbocycles. The van der Waals surface area contributed by atoms with Gasteiger partial charge < -0.3 is 10.1 Å². The molecule has 1 aliphatic heterocycles. The van der Waals surface area contributed by atoms with Crippen LogP contribution in [0.3, 0.4) is 0 Å². The first-order valence-electron chi connectivity index (χ1n) is 6.58. The van der Waals surface area contributed by atoms with Gasteiger partial charge >= 0.3 is 0 Å². The summed E-state index contributed by atoms with van der Waals surface area (Å²) >= 11 is 0. The van der Waals surface area contributed by atoms with Crippen LogP contribution < -0.4 is 5.32 Å². The van der Waals surface area contributed by atoms with Crippen LogP contribution in [0.5, 0.6) is 0 Å². The average Bonchev–Trinajstić information content (AvgIpc) is 2.71. The molecule has 0 spiro atoms. The summed E-state index contributed by atoms with van der Waals surface area (Å²) in [6.07, 6.45) is 5.84. The number of nitrogens with one attached hydrogen (secondary N) is 1. The standard InChI is InChI=1S/C13H21NO2/c1-13(3-2-4-16-13)8-14-12(15)11-6-9-5-10(9)7-11/h9-11H,2-8H2,1H3,(H,14,15). The molecule has 1 saturated heterocycles. The first-order chi connectivity index (χ1) is 7.66. The summed E-state index contributed by atoms with van der Waals surface area (Å²) in [5.41, 5.74) is -0.100. The third-order valence-corrected chi connectivity index (χ3v) is 4.55. The van der Waals surface area contributed by atoms with Crippen LogP contribution >= 0.6 is 0 Å². The molecule has 90 valence electrons. The second-order valence-corrected chi connectivity index (χ2v) is 6.04. The summed E-state index contributed by atoms with van der Waals surface area (Å²) in [5.74, 6) is 2.33. The fourth-order valence-electron chi connectivity index (χ4n) is 3.32. The molecular weight excluding hydrogens is 202 g/mol. The molecule has 0 radical (unpaired) electrons. The minimum atomic E-state index is -0.100. The topological polar surface area (TPSA) is 38.3 Å². The van der Waals surface area contributed by atoms with Crippen molar-refractivity contribution in [2.45, 2.75) is 44.6 Å². The summed E-state index contributed by atoms with van der Waals surface area (Å²) in [5, 5.41) is 3.08. The van der Waals surface area contributed by atoms with Crippen molar-refractivity contribution in [3.8, 4) is 0 Å². The van der Waals surface area contributed by atoms with Gasteiger partial charge in [-0.15, -0.1) is 0 Å². The van der Waals surface area contributed by atoms with Crippen LogP contribution in [0.1, 0.15) is 39.0 Å². The van der Waals surface area contributed by atoms with Crippen LogP contribution in [0.15, 0.2) is 0 Å². The highest BCUT2D eigenvalue weighted by Gasteiger charge is 2.48. The minimum Gasteiger partial charge on any atom is -0.373 e. The van der Waals surface area contributed by atoms with Crippen molar-refractivity contribution in [1.82, 2.24) is 5.32 Å². The zero-order valence-electron chi connectivity index (χ0n) is 10.00. The van der Waals surface area contributed by atoms with Gasteiger partial charge in [0.25, 0.3) is 0 Å². The Morgan fingerprint density at radius 1 is 1.38 bits per heavy atom. The lowest BCUT2D eigenvalue weighted by molar-refractivity contribution is -0.126. The second kappa shape index (κ2) is 3.73.